The first-order chi connectivity index (χ1) is 9.04. The first kappa shape index (κ1) is 15.0. The Morgan fingerprint density at radius 1 is 1.42 bits per heavy atom. The number of amides is 1. The summed E-state index contributed by atoms with van der Waals surface area (Å²) >= 11 is 0. The zero-order valence-electron chi connectivity index (χ0n) is 10.8. The Morgan fingerprint density at radius 3 is 2.74 bits per heavy atom. The van der Waals surface area contributed by atoms with E-state index in [9.17, 15) is 9.59 Å². The molecule has 0 aliphatic carbocycles. The van der Waals surface area contributed by atoms with Crippen LogP contribution in [0.1, 0.15) is 19.8 Å². The van der Waals surface area contributed by atoms with E-state index in [2.05, 4.69) is 5.32 Å². The van der Waals surface area contributed by atoms with Crippen LogP contribution in [0.2, 0.25) is 0 Å². The summed E-state index contributed by atoms with van der Waals surface area (Å²) in [4.78, 5) is 22.3. The Kier molecular flexibility index (Phi) is 5.81. The standard InChI is InChI=1S/C13H18N2O4/c1-2-5-9(14)13(18)15-10-6-3-4-7-11(10)19-8-12(16)17/h3-4,6-7,9H,2,5,8,14H2,1H3,(H,15,18)(H,16,17)/t9-/m1/s1. The minimum atomic E-state index is -1.08. The largest absolute Gasteiger partial charge is 0.480 e. The van der Waals surface area contributed by atoms with E-state index in [0.29, 0.717) is 17.9 Å². The van der Waals surface area contributed by atoms with Gasteiger partial charge in [-0.25, -0.2) is 4.79 Å². The Balaban J connectivity index is 2.71. The smallest absolute Gasteiger partial charge is 0.341 e. The van der Waals surface area contributed by atoms with Crippen molar-refractivity contribution in [3.63, 3.8) is 0 Å². The van der Waals surface area contributed by atoms with Crippen LogP contribution in [0.5, 0.6) is 5.75 Å². The first-order valence-corrected chi connectivity index (χ1v) is 6.04. The molecule has 0 unspecified atom stereocenters. The van der Waals surface area contributed by atoms with Gasteiger partial charge in [-0.1, -0.05) is 25.5 Å². The molecule has 6 nitrogen and oxygen atoms in total. The molecule has 0 fully saturated rings. The van der Waals surface area contributed by atoms with E-state index in [-0.39, 0.29) is 5.91 Å². The van der Waals surface area contributed by atoms with Crippen LogP contribution >= 0.6 is 0 Å². The first-order valence-electron chi connectivity index (χ1n) is 6.04. The number of nitrogens with two attached hydrogens (primary N) is 1. The summed E-state index contributed by atoms with van der Waals surface area (Å²) in [5.74, 6) is -1.08. The van der Waals surface area contributed by atoms with Crippen LogP contribution in [0.3, 0.4) is 0 Å². The molecule has 1 amide bonds. The van der Waals surface area contributed by atoms with Crippen molar-refractivity contribution in [2.75, 3.05) is 11.9 Å². The van der Waals surface area contributed by atoms with Gasteiger partial charge >= 0.3 is 5.97 Å². The zero-order valence-corrected chi connectivity index (χ0v) is 10.8. The quantitative estimate of drug-likeness (QED) is 0.688. The van der Waals surface area contributed by atoms with Gasteiger partial charge in [-0.3, -0.25) is 4.79 Å². The number of anilines is 1. The number of carboxylic acids is 1. The van der Waals surface area contributed by atoms with Crippen molar-refractivity contribution in [1.29, 1.82) is 0 Å². The second-order valence-corrected chi connectivity index (χ2v) is 4.06. The summed E-state index contributed by atoms with van der Waals surface area (Å²) in [5.41, 5.74) is 6.12. The third kappa shape index (κ3) is 4.97. The van der Waals surface area contributed by atoms with Gasteiger partial charge in [0.1, 0.15) is 5.75 Å². The zero-order chi connectivity index (χ0) is 14.3. The Morgan fingerprint density at radius 2 is 2.11 bits per heavy atom. The summed E-state index contributed by atoms with van der Waals surface area (Å²) in [5, 5.41) is 11.2. The number of para-hydroxylation sites is 2. The van der Waals surface area contributed by atoms with Gasteiger partial charge in [0, 0.05) is 0 Å². The van der Waals surface area contributed by atoms with E-state index in [1.54, 1.807) is 24.3 Å². The number of carbonyl (C=O) groups is 2. The van der Waals surface area contributed by atoms with Gasteiger partial charge in [0.05, 0.1) is 11.7 Å². The Hall–Kier alpha value is -2.08. The number of carboxylic acid groups (broad SMARTS) is 1. The number of carbonyl (C=O) groups excluding carboxylic acids is 1. The number of hydrogen-bond acceptors (Lipinski definition) is 4. The van der Waals surface area contributed by atoms with E-state index >= 15 is 0 Å². The second-order valence-electron chi connectivity index (χ2n) is 4.06. The van der Waals surface area contributed by atoms with E-state index in [1.807, 2.05) is 6.92 Å². The number of nitrogens with one attached hydrogen (secondary N) is 1. The molecule has 0 heterocycles. The number of ether oxygens (including phenoxy) is 1. The molecule has 1 atom stereocenters. The molecular formula is C13H18N2O4. The van der Waals surface area contributed by atoms with Crippen LogP contribution in [-0.2, 0) is 9.59 Å². The molecule has 0 saturated carbocycles. The summed E-state index contributed by atoms with van der Waals surface area (Å²) in [6.07, 6.45) is 1.40. The lowest BCUT2D eigenvalue weighted by Gasteiger charge is -2.14. The number of benzene rings is 1. The van der Waals surface area contributed by atoms with Gasteiger partial charge in [-0.15, -0.1) is 0 Å². The van der Waals surface area contributed by atoms with E-state index in [1.165, 1.54) is 0 Å². The van der Waals surface area contributed by atoms with E-state index < -0.39 is 18.6 Å². The number of hydrogen-bond donors (Lipinski definition) is 3. The van der Waals surface area contributed by atoms with Crippen LogP contribution in [0, 0.1) is 0 Å². The van der Waals surface area contributed by atoms with Crippen LogP contribution in [0.25, 0.3) is 0 Å². The summed E-state index contributed by atoms with van der Waals surface area (Å²) < 4.78 is 5.08. The molecule has 0 radical (unpaired) electrons. The van der Waals surface area contributed by atoms with Crippen LogP contribution < -0.4 is 15.8 Å². The van der Waals surface area contributed by atoms with Gasteiger partial charge in [-0.05, 0) is 18.6 Å². The summed E-state index contributed by atoms with van der Waals surface area (Å²) in [7, 11) is 0. The molecule has 6 heteroatoms. The highest BCUT2D eigenvalue weighted by atomic mass is 16.5. The van der Waals surface area contributed by atoms with Crippen molar-refractivity contribution in [2.45, 2.75) is 25.8 Å². The van der Waals surface area contributed by atoms with Gasteiger partial charge in [0.15, 0.2) is 6.61 Å². The minimum absolute atomic E-state index is 0.307. The maximum absolute atomic E-state index is 11.8. The monoisotopic (exact) mass is 266 g/mol. The molecule has 1 aromatic carbocycles. The SMILES string of the molecule is CCC[C@@H](N)C(=O)Nc1ccccc1OCC(=O)O. The van der Waals surface area contributed by atoms with Crippen molar-refractivity contribution in [2.24, 2.45) is 5.73 Å². The summed E-state index contributed by atoms with van der Waals surface area (Å²) in [6.45, 7) is 1.48. The van der Waals surface area contributed by atoms with Crippen LogP contribution in [-0.4, -0.2) is 29.6 Å². The maximum Gasteiger partial charge on any atom is 0.341 e. The molecule has 0 spiro atoms. The molecule has 0 aliphatic heterocycles. The maximum atomic E-state index is 11.8. The molecule has 1 aromatic rings. The normalized spacial score (nSPS) is 11.7. The lowest BCUT2D eigenvalue weighted by molar-refractivity contribution is -0.139. The highest BCUT2D eigenvalue weighted by molar-refractivity contribution is 5.95. The van der Waals surface area contributed by atoms with Crippen molar-refractivity contribution < 1.29 is 19.4 Å². The third-order valence-corrected chi connectivity index (χ3v) is 2.43. The summed E-state index contributed by atoms with van der Waals surface area (Å²) in [6, 6.07) is 6.04. The third-order valence-electron chi connectivity index (χ3n) is 2.43. The highest BCUT2D eigenvalue weighted by Crippen LogP contribution is 2.23. The molecular weight excluding hydrogens is 248 g/mol. The fraction of sp³-hybridized carbons (Fsp3) is 0.385. The second kappa shape index (κ2) is 7.38. The molecule has 0 aromatic heterocycles. The topological polar surface area (TPSA) is 102 Å². The molecule has 1 rings (SSSR count). The Bertz CT molecular complexity index is 448. The Labute approximate surface area is 111 Å². The van der Waals surface area contributed by atoms with Gasteiger partial charge in [0.25, 0.3) is 0 Å². The molecule has 4 N–H and O–H groups in total. The van der Waals surface area contributed by atoms with E-state index in [4.69, 9.17) is 15.6 Å². The molecule has 104 valence electrons. The van der Waals surface area contributed by atoms with Crippen molar-refractivity contribution in [3.8, 4) is 5.75 Å². The van der Waals surface area contributed by atoms with Gasteiger partial charge in [0.2, 0.25) is 5.91 Å². The molecule has 0 bridgehead atoms. The predicted octanol–water partition coefficient (Wildman–Crippen LogP) is 1.22. The van der Waals surface area contributed by atoms with Crippen molar-refractivity contribution in [3.05, 3.63) is 24.3 Å². The fourth-order valence-corrected chi connectivity index (χ4v) is 1.50. The lowest BCUT2D eigenvalue weighted by atomic mass is 10.1. The molecule has 19 heavy (non-hydrogen) atoms. The van der Waals surface area contributed by atoms with Crippen molar-refractivity contribution >= 4 is 17.6 Å². The minimum Gasteiger partial charge on any atom is -0.480 e. The van der Waals surface area contributed by atoms with Crippen LogP contribution in [0.4, 0.5) is 5.69 Å². The average Bonchev–Trinajstić information content (AvgIpc) is 2.37. The predicted molar refractivity (Wildman–Crippen MR) is 71.1 cm³/mol. The van der Waals surface area contributed by atoms with Crippen molar-refractivity contribution in [1.82, 2.24) is 0 Å². The average molecular weight is 266 g/mol. The fourth-order valence-electron chi connectivity index (χ4n) is 1.50. The molecule has 0 aliphatic rings. The van der Waals surface area contributed by atoms with E-state index in [0.717, 1.165) is 6.42 Å². The lowest BCUT2D eigenvalue weighted by Crippen LogP contribution is -2.35. The van der Waals surface area contributed by atoms with Crippen LogP contribution in [0.15, 0.2) is 24.3 Å². The van der Waals surface area contributed by atoms with Gasteiger partial charge in [-0.2, -0.15) is 0 Å². The number of rotatable bonds is 7. The molecule has 0 saturated heterocycles. The van der Waals surface area contributed by atoms with Gasteiger partial charge < -0.3 is 20.9 Å². The number of aliphatic carboxylic acids is 1. The highest BCUT2D eigenvalue weighted by Gasteiger charge is 2.14.